The molecule has 96 valence electrons. The number of aromatic nitrogens is 2. The van der Waals surface area contributed by atoms with Gasteiger partial charge in [-0.2, -0.15) is 0 Å². The van der Waals surface area contributed by atoms with Gasteiger partial charge in [0.05, 0.1) is 0 Å². The van der Waals surface area contributed by atoms with E-state index in [1.54, 1.807) is 0 Å². The van der Waals surface area contributed by atoms with E-state index in [0.29, 0.717) is 0 Å². The number of benzene rings is 2. The summed E-state index contributed by atoms with van der Waals surface area (Å²) in [5, 5.41) is 2.51. The van der Waals surface area contributed by atoms with E-state index in [9.17, 15) is 0 Å². The molecular weight excluding hydrogens is 244 g/mol. The lowest BCUT2D eigenvalue weighted by atomic mass is 10.0. The van der Waals surface area contributed by atoms with Crippen molar-refractivity contribution in [3.05, 3.63) is 73.1 Å². The molecule has 0 atom stereocenters. The predicted molar refractivity (Wildman–Crippen MR) is 83.5 cm³/mol. The van der Waals surface area contributed by atoms with Crippen LogP contribution in [-0.2, 0) is 0 Å². The monoisotopic (exact) mass is 258 g/mol. The smallest absolute Gasteiger partial charge is 0.0454 e. The van der Waals surface area contributed by atoms with Crippen molar-refractivity contribution in [3.63, 3.8) is 0 Å². The van der Waals surface area contributed by atoms with Crippen LogP contribution in [0.25, 0.3) is 33.3 Å². The standard InChI is InChI=1S/C18H14N2/c1-3-17(19-9-1)15-7-5-14-12-16(8-6-13(14)11-15)18-4-2-10-20-18/h1-12,19-20H. The van der Waals surface area contributed by atoms with E-state index in [1.165, 1.54) is 21.9 Å². The molecule has 20 heavy (non-hydrogen) atoms. The molecule has 0 unspecified atom stereocenters. The minimum atomic E-state index is 1.15. The fourth-order valence-electron chi connectivity index (χ4n) is 2.60. The van der Waals surface area contributed by atoms with Gasteiger partial charge in [-0.3, -0.25) is 0 Å². The number of fused-ring (bicyclic) bond motifs is 1. The largest absolute Gasteiger partial charge is 0.361 e. The Labute approximate surface area is 117 Å². The highest BCUT2D eigenvalue weighted by molar-refractivity contribution is 5.90. The SMILES string of the molecule is c1c[nH]c(-c2ccc3cc(-c4ccc[nH]4)ccc3c2)c1. The molecule has 2 nitrogen and oxygen atoms in total. The van der Waals surface area contributed by atoms with E-state index in [1.807, 2.05) is 24.5 Å². The number of H-pyrrole nitrogens is 2. The molecule has 4 rings (SSSR count). The van der Waals surface area contributed by atoms with E-state index < -0.39 is 0 Å². The molecule has 0 aliphatic heterocycles. The zero-order chi connectivity index (χ0) is 13.4. The molecule has 0 spiro atoms. The lowest BCUT2D eigenvalue weighted by Gasteiger charge is -2.05. The maximum absolute atomic E-state index is 3.25. The summed E-state index contributed by atoms with van der Waals surface area (Å²) in [4.78, 5) is 6.49. The molecule has 2 aromatic heterocycles. The van der Waals surface area contributed by atoms with Gasteiger partial charge in [0.2, 0.25) is 0 Å². The van der Waals surface area contributed by atoms with Crippen LogP contribution < -0.4 is 0 Å². The molecule has 2 aromatic carbocycles. The lowest BCUT2D eigenvalue weighted by molar-refractivity contribution is 1.40. The van der Waals surface area contributed by atoms with Gasteiger partial charge in [0, 0.05) is 23.8 Å². The van der Waals surface area contributed by atoms with Crippen LogP contribution in [0.15, 0.2) is 73.1 Å². The van der Waals surface area contributed by atoms with E-state index in [4.69, 9.17) is 0 Å². The van der Waals surface area contributed by atoms with Gasteiger partial charge in [0.1, 0.15) is 0 Å². The zero-order valence-electron chi connectivity index (χ0n) is 10.9. The first-order valence-electron chi connectivity index (χ1n) is 6.71. The molecule has 0 aliphatic rings. The Bertz CT molecular complexity index is 767. The summed E-state index contributed by atoms with van der Waals surface area (Å²) < 4.78 is 0. The molecular formula is C18H14N2. The summed E-state index contributed by atoms with van der Waals surface area (Å²) in [6, 6.07) is 21.3. The van der Waals surface area contributed by atoms with E-state index in [-0.39, 0.29) is 0 Å². The molecule has 0 amide bonds. The van der Waals surface area contributed by atoms with Gasteiger partial charge in [-0.05, 0) is 58.3 Å². The molecule has 0 saturated carbocycles. The first-order chi connectivity index (χ1) is 9.90. The Morgan fingerprint density at radius 1 is 0.550 bits per heavy atom. The summed E-state index contributed by atoms with van der Waals surface area (Å²) >= 11 is 0. The third kappa shape index (κ3) is 1.82. The molecule has 0 aliphatic carbocycles. The molecule has 0 radical (unpaired) electrons. The maximum Gasteiger partial charge on any atom is 0.0454 e. The molecule has 2 heteroatoms. The minimum Gasteiger partial charge on any atom is -0.361 e. The average molecular weight is 258 g/mol. The van der Waals surface area contributed by atoms with E-state index in [0.717, 1.165) is 11.4 Å². The van der Waals surface area contributed by atoms with Gasteiger partial charge in [0.15, 0.2) is 0 Å². The molecule has 0 bridgehead atoms. The average Bonchev–Trinajstić information content (AvgIpc) is 3.19. The third-order valence-electron chi connectivity index (χ3n) is 3.66. The fraction of sp³-hybridized carbons (Fsp3) is 0. The molecule has 0 saturated heterocycles. The first-order valence-corrected chi connectivity index (χ1v) is 6.71. The summed E-state index contributed by atoms with van der Waals surface area (Å²) in [7, 11) is 0. The molecule has 0 fully saturated rings. The van der Waals surface area contributed by atoms with Crippen LogP contribution in [-0.4, -0.2) is 9.97 Å². The number of aromatic amines is 2. The van der Waals surface area contributed by atoms with Crippen LogP contribution in [0.5, 0.6) is 0 Å². The zero-order valence-corrected chi connectivity index (χ0v) is 10.9. The Hall–Kier alpha value is -2.74. The van der Waals surface area contributed by atoms with Gasteiger partial charge in [-0.15, -0.1) is 0 Å². The number of nitrogens with one attached hydrogen (secondary N) is 2. The maximum atomic E-state index is 3.25. The summed E-state index contributed by atoms with van der Waals surface area (Å²) in [5.74, 6) is 0. The Morgan fingerprint density at radius 3 is 1.45 bits per heavy atom. The van der Waals surface area contributed by atoms with Crippen molar-refractivity contribution >= 4 is 10.8 Å². The van der Waals surface area contributed by atoms with E-state index in [2.05, 4.69) is 58.5 Å². The summed E-state index contributed by atoms with van der Waals surface area (Å²) in [6.45, 7) is 0. The van der Waals surface area contributed by atoms with Gasteiger partial charge in [-0.25, -0.2) is 0 Å². The highest BCUT2D eigenvalue weighted by Gasteiger charge is 2.03. The van der Waals surface area contributed by atoms with Crippen molar-refractivity contribution in [2.24, 2.45) is 0 Å². The Morgan fingerprint density at radius 2 is 1.05 bits per heavy atom. The molecule has 4 aromatic rings. The van der Waals surface area contributed by atoms with Crippen LogP contribution in [0, 0.1) is 0 Å². The second kappa shape index (κ2) is 4.42. The van der Waals surface area contributed by atoms with Gasteiger partial charge in [0.25, 0.3) is 0 Å². The fourth-order valence-corrected chi connectivity index (χ4v) is 2.60. The van der Waals surface area contributed by atoms with Crippen molar-refractivity contribution in [2.45, 2.75) is 0 Å². The van der Waals surface area contributed by atoms with Crippen molar-refractivity contribution < 1.29 is 0 Å². The van der Waals surface area contributed by atoms with E-state index >= 15 is 0 Å². The second-order valence-electron chi connectivity index (χ2n) is 4.94. The lowest BCUT2D eigenvalue weighted by Crippen LogP contribution is -1.81. The normalized spacial score (nSPS) is 11.0. The summed E-state index contributed by atoms with van der Waals surface area (Å²) in [5.41, 5.74) is 4.74. The van der Waals surface area contributed by atoms with Crippen molar-refractivity contribution in [1.82, 2.24) is 9.97 Å². The third-order valence-corrected chi connectivity index (χ3v) is 3.66. The van der Waals surface area contributed by atoms with Gasteiger partial charge in [-0.1, -0.05) is 24.3 Å². The molecule has 2 N–H and O–H groups in total. The Balaban J connectivity index is 1.83. The highest BCUT2D eigenvalue weighted by atomic mass is 14.7. The van der Waals surface area contributed by atoms with Crippen LogP contribution in [0.2, 0.25) is 0 Å². The van der Waals surface area contributed by atoms with Crippen molar-refractivity contribution in [3.8, 4) is 22.5 Å². The predicted octanol–water partition coefficient (Wildman–Crippen LogP) is 4.83. The second-order valence-corrected chi connectivity index (χ2v) is 4.94. The van der Waals surface area contributed by atoms with Crippen LogP contribution in [0.1, 0.15) is 0 Å². The Kier molecular flexibility index (Phi) is 2.46. The number of hydrogen-bond donors (Lipinski definition) is 2. The van der Waals surface area contributed by atoms with Crippen LogP contribution in [0.4, 0.5) is 0 Å². The molecule has 2 heterocycles. The van der Waals surface area contributed by atoms with Crippen molar-refractivity contribution in [1.29, 1.82) is 0 Å². The quantitative estimate of drug-likeness (QED) is 0.516. The number of hydrogen-bond acceptors (Lipinski definition) is 0. The van der Waals surface area contributed by atoms with Gasteiger partial charge >= 0.3 is 0 Å². The highest BCUT2D eigenvalue weighted by Crippen LogP contribution is 2.27. The van der Waals surface area contributed by atoms with Crippen LogP contribution >= 0.6 is 0 Å². The first kappa shape index (κ1) is 11.1. The van der Waals surface area contributed by atoms with Crippen LogP contribution in [0.3, 0.4) is 0 Å². The van der Waals surface area contributed by atoms with Crippen molar-refractivity contribution in [2.75, 3.05) is 0 Å². The van der Waals surface area contributed by atoms with Gasteiger partial charge < -0.3 is 9.97 Å². The summed E-state index contributed by atoms with van der Waals surface area (Å²) in [6.07, 6.45) is 3.90. The minimum absolute atomic E-state index is 1.15. The topological polar surface area (TPSA) is 31.6 Å². The number of rotatable bonds is 2.